The number of carbonyl (C=O) groups is 1. The highest BCUT2D eigenvalue weighted by Gasteiger charge is 2.19. The van der Waals surface area contributed by atoms with Crippen molar-refractivity contribution in [3.8, 4) is 0 Å². The van der Waals surface area contributed by atoms with Crippen LogP contribution >= 0.6 is 0 Å². The molecule has 7 heteroatoms. The van der Waals surface area contributed by atoms with Crippen LogP contribution < -0.4 is 10.9 Å². The molecule has 0 unspecified atom stereocenters. The van der Waals surface area contributed by atoms with Crippen LogP contribution in [0.5, 0.6) is 0 Å². The summed E-state index contributed by atoms with van der Waals surface area (Å²) in [5.74, 6) is 0.281. The van der Waals surface area contributed by atoms with Crippen LogP contribution in [-0.4, -0.2) is 46.0 Å². The van der Waals surface area contributed by atoms with E-state index in [1.54, 1.807) is 34.9 Å². The van der Waals surface area contributed by atoms with Crippen LogP contribution in [-0.2, 0) is 19.4 Å². The first-order chi connectivity index (χ1) is 14.9. The Morgan fingerprint density at radius 3 is 2.65 bits per heavy atom. The van der Waals surface area contributed by atoms with Crippen LogP contribution in [0.3, 0.4) is 0 Å². The van der Waals surface area contributed by atoms with E-state index in [2.05, 4.69) is 24.1 Å². The third-order valence-electron chi connectivity index (χ3n) is 5.87. The Labute approximate surface area is 180 Å². The van der Waals surface area contributed by atoms with Gasteiger partial charge in [0, 0.05) is 44.2 Å². The Hall–Kier alpha value is -3.06. The average molecular weight is 423 g/mol. The van der Waals surface area contributed by atoms with E-state index in [1.807, 2.05) is 0 Å². The van der Waals surface area contributed by atoms with Gasteiger partial charge in [-0.25, -0.2) is 9.37 Å². The lowest BCUT2D eigenvalue weighted by Gasteiger charge is -2.23. The van der Waals surface area contributed by atoms with E-state index in [0.29, 0.717) is 48.4 Å². The number of hydrogen-bond donors (Lipinski definition) is 1. The molecule has 0 saturated heterocycles. The van der Waals surface area contributed by atoms with Gasteiger partial charge in [0.05, 0.1) is 10.9 Å². The number of aromatic nitrogens is 2. The van der Waals surface area contributed by atoms with Gasteiger partial charge in [0.25, 0.3) is 11.5 Å². The lowest BCUT2D eigenvalue weighted by molar-refractivity contribution is 0.0954. The summed E-state index contributed by atoms with van der Waals surface area (Å²) < 4.78 is 14.8. The molecule has 1 amide bonds. The van der Waals surface area contributed by atoms with Gasteiger partial charge in [-0.2, -0.15) is 0 Å². The highest BCUT2D eigenvalue weighted by molar-refractivity contribution is 5.97. The van der Waals surface area contributed by atoms with Crippen molar-refractivity contribution >= 4 is 16.8 Å². The fourth-order valence-corrected chi connectivity index (χ4v) is 4.00. The molecule has 0 saturated carbocycles. The van der Waals surface area contributed by atoms with E-state index >= 15 is 0 Å². The zero-order valence-corrected chi connectivity index (χ0v) is 17.9. The zero-order chi connectivity index (χ0) is 22.0. The molecular weight excluding hydrogens is 395 g/mol. The Balaban J connectivity index is 1.50. The summed E-state index contributed by atoms with van der Waals surface area (Å²) in [6.45, 7) is 7.06. The monoisotopic (exact) mass is 422 g/mol. The van der Waals surface area contributed by atoms with Gasteiger partial charge in [0.15, 0.2) is 0 Å². The van der Waals surface area contributed by atoms with Crippen molar-refractivity contribution in [2.45, 2.75) is 39.3 Å². The molecular formula is C24H27FN4O2. The van der Waals surface area contributed by atoms with Gasteiger partial charge in [0.2, 0.25) is 0 Å². The average Bonchev–Trinajstić information content (AvgIpc) is 2.98. The van der Waals surface area contributed by atoms with Crippen molar-refractivity contribution in [3.05, 3.63) is 75.6 Å². The minimum Gasteiger partial charge on any atom is -0.352 e. The maximum Gasteiger partial charge on any atom is 0.261 e. The summed E-state index contributed by atoms with van der Waals surface area (Å²) in [6, 6.07) is 11.7. The first-order valence-electron chi connectivity index (χ1n) is 10.7. The van der Waals surface area contributed by atoms with Gasteiger partial charge in [-0.15, -0.1) is 0 Å². The third kappa shape index (κ3) is 4.66. The number of halogens is 1. The molecule has 2 heterocycles. The molecule has 0 radical (unpaired) electrons. The number of benzene rings is 2. The zero-order valence-electron chi connectivity index (χ0n) is 17.9. The molecule has 1 aliphatic heterocycles. The molecule has 2 aromatic carbocycles. The maximum atomic E-state index is 13.0. The molecule has 6 nitrogen and oxygen atoms in total. The molecule has 0 atom stereocenters. The molecule has 0 bridgehead atoms. The van der Waals surface area contributed by atoms with Gasteiger partial charge in [-0.3, -0.25) is 19.1 Å². The Kier molecular flexibility index (Phi) is 6.13. The van der Waals surface area contributed by atoms with Gasteiger partial charge in [-0.05, 0) is 56.2 Å². The van der Waals surface area contributed by atoms with Crippen LogP contribution in [0.25, 0.3) is 10.9 Å². The molecule has 1 aliphatic rings. The lowest BCUT2D eigenvalue weighted by Crippen LogP contribution is -2.34. The SMILES string of the molecule is CC(C)N1CCc2nc3cc(C(=O)NCCc4ccc(F)cc4)ccc3c(=O)n2CC1. The standard InChI is InChI=1S/C24H27FN4O2/c1-16(2)28-12-10-22-27-21-15-18(5-8-20(21)24(31)29(22)14-13-28)23(30)26-11-9-17-3-6-19(25)7-4-17/h3-8,15-16H,9-14H2,1-2H3,(H,26,30). The molecule has 3 aromatic rings. The summed E-state index contributed by atoms with van der Waals surface area (Å²) in [4.78, 5) is 32.7. The summed E-state index contributed by atoms with van der Waals surface area (Å²) in [5.41, 5.74) is 1.93. The number of fused-ring (bicyclic) bond motifs is 2. The fraction of sp³-hybridized carbons (Fsp3) is 0.375. The van der Waals surface area contributed by atoms with E-state index < -0.39 is 0 Å². The van der Waals surface area contributed by atoms with E-state index in [0.717, 1.165) is 24.5 Å². The van der Waals surface area contributed by atoms with Crippen molar-refractivity contribution in [1.82, 2.24) is 19.8 Å². The molecule has 1 N–H and O–H groups in total. The van der Waals surface area contributed by atoms with Crippen LogP contribution in [0.1, 0.15) is 35.6 Å². The van der Waals surface area contributed by atoms with Crippen LogP contribution in [0.4, 0.5) is 4.39 Å². The van der Waals surface area contributed by atoms with Crippen LogP contribution in [0, 0.1) is 5.82 Å². The molecule has 31 heavy (non-hydrogen) atoms. The van der Waals surface area contributed by atoms with Crippen molar-refractivity contribution < 1.29 is 9.18 Å². The highest BCUT2D eigenvalue weighted by atomic mass is 19.1. The Morgan fingerprint density at radius 2 is 1.90 bits per heavy atom. The van der Waals surface area contributed by atoms with Crippen molar-refractivity contribution in [1.29, 1.82) is 0 Å². The van der Waals surface area contributed by atoms with Gasteiger partial charge >= 0.3 is 0 Å². The van der Waals surface area contributed by atoms with Crippen molar-refractivity contribution in [2.75, 3.05) is 19.6 Å². The molecule has 4 rings (SSSR count). The second kappa shape index (κ2) is 8.98. The summed E-state index contributed by atoms with van der Waals surface area (Å²) >= 11 is 0. The molecule has 0 fully saturated rings. The second-order valence-corrected chi connectivity index (χ2v) is 8.23. The molecule has 0 spiro atoms. The van der Waals surface area contributed by atoms with E-state index in [4.69, 9.17) is 4.98 Å². The fourth-order valence-electron chi connectivity index (χ4n) is 4.00. The van der Waals surface area contributed by atoms with E-state index in [9.17, 15) is 14.0 Å². The van der Waals surface area contributed by atoms with E-state index in [1.165, 1.54) is 12.1 Å². The molecule has 1 aromatic heterocycles. The number of nitrogens with zero attached hydrogens (tertiary/aromatic N) is 3. The summed E-state index contributed by atoms with van der Waals surface area (Å²) in [6.07, 6.45) is 1.32. The van der Waals surface area contributed by atoms with Crippen molar-refractivity contribution in [3.63, 3.8) is 0 Å². The first kappa shape index (κ1) is 21.2. The predicted molar refractivity (Wildman–Crippen MR) is 119 cm³/mol. The number of rotatable bonds is 5. The van der Waals surface area contributed by atoms with E-state index in [-0.39, 0.29) is 17.3 Å². The number of amides is 1. The number of nitrogens with one attached hydrogen (secondary N) is 1. The molecule has 162 valence electrons. The summed E-state index contributed by atoms with van der Waals surface area (Å²) in [5, 5.41) is 3.41. The topological polar surface area (TPSA) is 67.2 Å². The van der Waals surface area contributed by atoms with Crippen LogP contribution in [0.2, 0.25) is 0 Å². The normalized spacial score (nSPS) is 14.5. The lowest BCUT2D eigenvalue weighted by atomic mass is 10.1. The highest BCUT2D eigenvalue weighted by Crippen LogP contribution is 2.15. The first-order valence-corrected chi connectivity index (χ1v) is 10.7. The Bertz CT molecular complexity index is 1150. The second-order valence-electron chi connectivity index (χ2n) is 8.23. The number of hydrogen-bond acceptors (Lipinski definition) is 4. The molecule has 0 aliphatic carbocycles. The predicted octanol–water partition coefficient (Wildman–Crippen LogP) is 2.77. The minimum atomic E-state index is -0.276. The summed E-state index contributed by atoms with van der Waals surface area (Å²) in [7, 11) is 0. The smallest absolute Gasteiger partial charge is 0.261 e. The van der Waals surface area contributed by atoms with Crippen molar-refractivity contribution in [2.24, 2.45) is 0 Å². The number of carbonyl (C=O) groups excluding carboxylic acids is 1. The Morgan fingerprint density at radius 1 is 1.13 bits per heavy atom. The van der Waals surface area contributed by atoms with Crippen LogP contribution in [0.15, 0.2) is 47.3 Å². The quantitative estimate of drug-likeness (QED) is 0.687. The third-order valence-corrected chi connectivity index (χ3v) is 5.87. The minimum absolute atomic E-state index is 0.0473. The van der Waals surface area contributed by atoms with Gasteiger partial charge < -0.3 is 5.32 Å². The maximum absolute atomic E-state index is 13.0. The van der Waals surface area contributed by atoms with Gasteiger partial charge in [-0.1, -0.05) is 12.1 Å². The van der Waals surface area contributed by atoms with Gasteiger partial charge in [0.1, 0.15) is 11.6 Å². The largest absolute Gasteiger partial charge is 0.352 e.